The summed E-state index contributed by atoms with van der Waals surface area (Å²) in [5.41, 5.74) is 0.234. The number of rotatable bonds is 5. The van der Waals surface area contributed by atoms with Crippen LogP contribution in [0.2, 0.25) is 0 Å². The predicted molar refractivity (Wildman–Crippen MR) is 80.5 cm³/mol. The second kappa shape index (κ2) is 7.65. The van der Waals surface area contributed by atoms with Gasteiger partial charge >= 0.3 is 6.36 Å². The minimum Gasteiger partial charge on any atom is -0.406 e. The monoisotopic (exact) mass is 356 g/mol. The van der Waals surface area contributed by atoms with Crippen LogP contribution in [0, 0.1) is 5.82 Å². The van der Waals surface area contributed by atoms with Crippen molar-refractivity contribution in [3.63, 3.8) is 0 Å². The molecule has 25 heavy (non-hydrogen) atoms. The summed E-state index contributed by atoms with van der Waals surface area (Å²) in [6.07, 6.45) is -4.84. The van der Waals surface area contributed by atoms with Gasteiger partial charge in [-0.1, -0.05) is 6.07 Å². The first-order valence-electron chi connectivity index (χ1n) is 6.92. The first-order chi connectivity index (χ1) is 11.7. The Labute approximate surface area is 139 Å². The lowest BCUT2D eigenvalue weighted by atomic mass is 10.2. The van der Waals surface area contributed by atoms with E-state index in [9.17, 15) is 27.2 Å². The molecule has 0 atom stereocenters. The van der Waals surface area contributed by atoms with Crippen LogP contribution in [0.15, 0.2) is 48.5 Å². The van der Waals surface area contributed by atoms with Gasteiger partial charge < -0.3 is 15.4 Å². The summed E-state index contributed by atoms with van der Waals surface area (Å²) < 4.78 is 53.0. The van der Waals surface area contributed by atoms with Gasteiger partial charge in [0.2, 0.25) is 5.91 Å². The Hall–Kier alpha value is -3.10. The van der Waals surface area contributed by atoms with Gasteiger partial charge in [-0.2, -0.15) is 0 Å². The van der Waals surface area contributed by atoms with Crippen LogP contribution in [0.4, 0.5) is 23.2 Å². The molecule has 0 aromatic heterocycles. The van der Waals surface area contributed by atoms with Crippen LogP contribution in [0.3, 0.4) is 0 Å². The van der Waals surface area contributed by atoms with E-state index in [4.69, 9.17) is 0 Å². The van der Waals surface area contributed by atoms with Gasteiger partial charge in [-0.15, -0.1) is 13.2 Å². The highest BCUT2D eigenvalue weighted by Crippen LogP contribution is 2.24. The molecule has 0 aliphatic heterocycles. The van der Waals surface area contributed by atoms with Crippen LogP contribution in [0.5, 0.6) is 5.75 Å². The predicted octanol–water partition coefficient (Wildman–Crippen LogP) is 3.09. The number of anilines is 1. The molecule has 0 aliphatic carbocycles. The lowest BCUT2D eigenvalue weighted by Gasteiger charge is -2.11. The number of benzene rings is 2. The molecule has 0 bridgehead atoms. The Morgan fingerprint density at radius 3 is 2.36 bits per heavy atom. The zero-order chi connectivity index (χ0) is 18.4. The van der Waals surface area contributed by atoms with Gasteiger partial charge in [0.15, 0.2) is 0 Å². The number of amides is 2. The Morgan fingerprint density at radius 2 is 1.72 bits per heavy atom. The summed E-state index contributed by atoms with van der Waals surface area (Å²) in [5, 5.41) is 4.63. The number of nitrogens with one attached hydrogen (secondary N) is 2. The Balaban J connectivity index is 1.89. The number of alkyl halides is 3. The van der Waals surface area contributed by atoms with E-state index in [-0.39, 0.29) is 11.3 Å². The van der Waals surface area contributed by atoms with Gasteiger partial charge in [0.25, 0.3) is 5.91 Å². The zero-order valence-corrected chi connectivity index (χ0v) is 12.6. The van der Waals surface area contributed by atoms with Crippen LogP contribution in [-0.4, -0.2) is 24.7 Å². The van der Waals surface area contributed by atoms with Gasteiger partial charge in [0, 0.05) is 17.3 Å². The van der Waals surface area contributed by atoms with Crippen LogP contribution in [0.25, 0.3) is 0 Å². The van der Waals surface area contributed by atoms with Crippen LogP contribution in [-0.2, 0) is 4.79 Å². The molecule has 0 heterocycles. The largest absolute Gasteiger partial charge is 0.573 e. The first kappa shape index (κ1) is 18.2. The van der Waals surface area contributed by atoms with Gasteiger partial charge in [-0.05, 0) is 36.4 Å². The fourth-order valence-electron chi connectivity index (χ4n) is 1.84. The molecule has 2 aromatic rings. The molecule has 0 saturated carbocycles. The number of carbonyl (C=O) groups is 2. The van der Waals surface area contributed by atoms with Gasteiger partial charge in [-0.25, -0.2) is 4.39 Å². The lowest BCUT2D eigenvalue weighted by Crippen LogP contribution is -2.32. The highest BCUT2D eigenvalue weighted by Gasteiger charge is 2.31. The van der Waals surface area contributed by atoms with Crippen molar-refractivity contribution in [3.8, 4) is 5.75 Å². The van der Waals surface area contributed by atoms with Crippen molar-refractivity contribution in [2.45, 2.75) is 6.36 Å². The van der Waals surface area contributed by atoms with E-state index in [0.29, 0.717) is 0 Å². The Morgan fingerprint density at radius 1 is 1.04 bits per heavy atom. The molecule has 0 saturated heterocycles. The van der Waals surface area contributed by atoms with E-state index in [1.165, 1.54) is 24.3 Å². The second-order valence-corrected chi connectivity index (χ2v) is 4.81. The summed E-state index contributed by atoms with van der Waals surface area (Å²) in [7, 11) is 0. The number of ether oxygens (including phenoxy) is 1. The first-order valence-corrected chi connectivity index (χ1v) is 6.92. The number of hydrogen-bond donors (Lipinski definition) is 2. The maximum absolute atomic E-state index is 12.8. The third-order valence-electron chi connectivity index (χ3n) is 2.87. The molecule has 0 aliphatic rings. The van der Waals surface area contributed by atoms with Crippen molar-refractivity contribution in [1.29, 1.82) is 0 Å². The van der Waals surface area contributed by atoms with E-state index in [1.807, 2.05) is 0 Å². The SMILES string of the molecule is O=C(CNC(=O)c1ccc(F)cc1)Nc1cccc(OC(F)(F)F)c1. The van der Waals surface area contributed by atoms with Crippen molar-refractivity contribution < 1.29 is 31.9 Å². The van der Waals surface area contributed by atoms with Crippen molar-refractivity contribution >= 4 is 17.5 Å². The topological polar surface area (TPSA) is 67.4 Å². The van der Waals surface area contributed by atoms with Crippen molar-refractivity contribution in [1.82, 2.24) is 5.32 Å². The molecule has 2 N–H and O–H groups in total. The highest BCUT2D eigenvalue weighted by molar-refractivity contribution is 5.99. The van der Waals surface area contributed by atoms with Gasteiger partial charge in [0.1, 0.15) is 11.6 Å². The third kappa shape index (κ3) is 6.13. The summed E-state index contributed by atoms with van der Waals surface area (Å²) in [6.45, 7) is -0.416. The Bertz CT molecular complexity index is 761. The number of carbonyl (C=O) groups excluding carboxylic acids is 2. The molecule has 0 spiro atoms. The number of halogens is 4. The van der Waals surface area contributed by atoms with Crippen LogP contribution < -0.4 is 15.4 Å². The summed E-state index contributed by atoms with van der Waals surface area (Å²) in [5.74, 6) is -2.24. The molecule has 0 radical (unpaired) electrons. The molecular weight excluding hydrogens is 344 g/mol. The fourth-order valence-corrected chi connectivity index (χ4v) is 1.84. The van der Waals surface area contributed by atoms with Crippen molar-refractivity contribution in [2.75, 3.05) is 11.9 Å². The molecule has 9 heteroatoms. The van der Waals surface area contributed by atoms with Crippen molar-refractivity contribution in [2.24, 2.45) is 0 Å². The molecule has 2 amide bonds. The normalized spacial score (nSPS) is 10.9. The molecule has 5 nitrogen and oxygen atoms in total. The van der Waals surface area contributed by atoms with E-state index in [2.05, 4.69) is 15.4 Å². The summed E-state index contributed by atoms with van der Waals surface area (Å²) in [4.78, 5) is 23.5. The molecule has 132 valence electrons. The fraction of sp³-hybridized carbons (Fsp3) is 0.125. The number of hydrogen-bond acceptors (Lipinski definition) is 3. The lowest BCUT2D eigenvalue weighted by molar-refractivity contribution is -0.274. The van der Waals surface area contributed by atoms with E-state index in [0.717, 1.165) is 24.3 Å². The Kier molecular flexibility index (Phi) is 5.58. The highest BCUT2D eigenvalue weighted by atomic mass is 19.4. The molecular formula is C16H12F4N2O3. The third-order valence-corrected chi connectivity index (χ3v) is 2.87. The van der Waals surface area contributed by atoms with Crippen LogP contribution in [0.1, 0.15) is 10.4 Å². The molecule has 0 unspecified atom stereocenters. The van der Waals surface area contributed by atoms with E-state index in [1.54, 1.807) is 0 Å². The minimum atomic E-state index is -4.84. The van der Waals surface area contributed by atoms with E-state index >= 15 is 0 Å². The molecule has 2 aromatic carbocycles. The quantitative estimate of drug-likeness (QED) is 0.809. The molecule has 2 rings (SSSR count). The maximum Gasteiger partial charge on any atom is 0.573 e. The van der Waals surface area contributed by atoms with Gasteiger partial charge in [0.05, 0.1) is 6.54 Å². The van der Waals surface area contributed by atoms with Crippen LogP contribution >= 0.6 is 0 Å². The zero-order valence-electron chi connectivity index (χ0n) is 12.6. The van der Waals surface area contributed by atoms with Gasteiger partial charge in [-0.3, -0.25) is 9.59 Å². The smallest absolute Gasteiger partial charge is 0.406 e. The second-order valence-electron chi connectivity index (χ2n) is 4.81. The molecule has 0 fully saturated rings. The van der Waals surface area contributed by atoms with Crippen molar-refractivity contribution in [3.05, 3.63) is 59.9 Å². The van der Waals surface area contributed by atoms with E-state index < -0.39 is 36.3 Å². The average molecular weight is 356 g/mol. The summed E-state index contributed by atoms with van der Waals surface area (Å²) in [6, 6.07) is 9.41. The average Bonchev–Trinajstić information content (AvgIpc) is 2.52. The summed E-state index contributed by atoms with van der Waals surface area (Å²) >= 11 is 0. The minimum absolute atomic E-state index is 0.0720. The standard InChI is InChI=1S/C16H12F4N2O3/c17-11-6-4-10(5-7-11)15(24)21-9-14(23)22-12-2-1-3-13(8-12)25-16(18,19)20/h1-8H,9H2,(H,21,24)(H,22,23). The maximum atomic E-state index is 12.8.